The summed E-state index contributed by atoms with van der Waals surface area (Å²) in [5.41, 5.74) is 0. The first-order valence-electron chi connectivity index (χ1n) is 15.3. The molecule has 0 rings (SSSR count). The summed E-state index contributed by atoms with van der Waals surface area (Å²) < 4.78 is 9.24. The van der Waals surface area contributed by atoms with E-state index in [4.69, 9.17) is 4.74 Å². The van der Waals surface area contributed by atoms with Crippen molar-refractivity contribution in [1.82, 2.24) is 10.2 Å². The number of ketones is 1. The Balaban J connectivity index is 0. The third-order valence-electron chi connectivity index (χ3n) is 6.64. The number of Topliss-reactive ketones (excluding diaryl/α,β-unsaturated/α-hetero) is 1. The van der Waals surface area contributed by atoms with Gasteiger partial charge in [-0.15, -0.1) is 0 Å². The molecule has 7 heteroatoms. The average Bonchev–Trinajstić information content (AvgIpc) is 2.89. The Morgan fingerprint density at radius 3 is 1.68 bits per heavy atom. The molecule has 1 atom stereocenters. The van der Waals surface area contributed by atoms with Gasteiger partial charge in [-0.05, 0) is 46.4 Å². The van der Waals surface area contributed by atoms with Crippen molar-refractivity contribution < 1.29 is 23.9 Å². The van der Waals surface area contributed by atoms with E-state index in [0.29, 0.717) is 12.8 Å². The van der Waals surface area contributed by atoms with Crippen LogP contribution in [0.2, 0.25) is 0 Å². The zero-order valence-corrected chi connectivity index (χ0v) is 25.9. The van der Waals surface area contributed by atoms with Crippen LogP contribution in [-0.4, -0.2) is 70.1 Å². The summed E-state index contributed by atoms with van der Waals surface area (Å²) in [6.07, 6.45) is 20.7. The number of esters is 2. The van der Waals surface area contributed by atoms with Crippen molar-refractivity contribution in [2.75, 3.05) is 41.4 Å². The van der Waals surface area contributed by atoms with Crippen LogP contribution in [0.15, 0.2) is 0 Å². The number of ether oxygens (including phenoxy) is 2. The summed E-state index contributed by atoms with van der Waals surface area (Å²) in [7, 11) is 6.96. The predicted octanol–water partition coefficient (Wildman–Crippen LogP) is 6.86. The standard InChI is InChI=1S/C18H38N2O2.C13H24O3/c1-5-6-7-8-9-10-11-13-17(16-18(21)22-4)19-14-12-15-20(2)3;1-3-4-5-6-7-8-9-10-12(14)11-13(15)16-2/h17,19H,5-16H2,1-4H3;3-11H2,1-2H3. The molecule has 0 heterocycles. The molecule has 1 unspecified atom stereocenters. The van der Waals surface area contributed by atoms with Crippen molar-refractivity contribution in [2.24, 2.45) is 0 Å². The Bertz CT molecular complexity index is 554. The molecule has 0 aromatic carbocycles. The maximum absolute atomic E-state index is 11.5. The van der Waals surface area contributed by atoms with Crippen molar-refractivity contribution in [3.05, 3.63) is 0 Å². The quantitative estimate of drug-likeness (QED) is 0.0766. The first-order chi connectivity index (χ1) is 18.3. The minimum Gasteiger partial charge on any atom is -0.469 e. The zero-order valence-electron chi connectivity index (χ0n) is 25.9. The predicted molar refractivity (Wildman–Crippen MR) is 158 cm³/mol. The van der Waals surface area contributed by atoms with Crippen LogP contribution < -0.4 is 5.32 Å². The Hall–Kier alpha value is -1.47. The number of methoxy groups -OCH3 is 2. The number of rotatable bonds is 25. The van der Waals surface area contributed by atoms with Gasteiger partial charge in [0.2, 0.25) is 0 Å². The molecule has 7 nitrogen and oxygen atoms in total. The second-order valence-electron chi connectivity index (χ2n) is 10.7. The summed E-state index contributed by atoms with van der Waals surface area (Å²) in [6, 6.07) is 0.269. The van der Waals surface area contributed by atoms with Crippen molar-refractivity contribution in [3.63, 3.8) is 0 Å². The molecule has 0 spiro atoms. The highest BCUT2D eigenvalue weighted by molar-refractivity contribution is 5.95. The highest BCUT2D eigenvalue weighted by Crippen LogP contribution is 2.12. The summed E-state index contributed by atoms with van der Waals surface area (Å²) >= 11 is 0. The van der Waals surface area contributed by atoms with Gasteiger partial charge in [0.25, 0.3) is 0 Å². The van der Waals surface area contributed by atoms with Gasteiger partial charge in [-0.25, -0.2) is 0 Å². The smallest absolute Gasteiger partial charge is 0.313 e. The van der Waals surface area contributed by atoms with Gasteiger partial charge < -0.3 is 19.7 Å². The first kappa shape index (κ1) is 38.7. The molecular weight excluding hydrogens is 480 g/mol. The Morgan fingerprint density at radius 2 is 1.18 bits per heavy atom. The van der Waals surface area contributed by atoms with E-state index in [9.17, 15) is 14.4 Å². The molecular formula is C31H62N2O5. The number of hydrogen-bond acceptors (Lipinski definition) is 7. The van der Waals surface area contributed by atoms with E-state index in [2.05, 4.69) is 42.9 Å². The maximum atomic E-state index is 11.5. The largest absolute Gasteiger partial charge is 0.469 e. The lowest BCUT2D eigenvalue weighted by Gasteiger charge is -2.18. The molecule has 0 amide bonds. The molecule has 0 bridgehead atoms. The summed E-state index contributed by atoms with van der Waals surface area (Å²) in [5, 5.41) is 3.52. The highest BCUT2D eigenvalue weighted by atomic mass is 16.5. The minimum absolute atomic E-state index is 0.000378. The van der Waals surface area contributed by atoms with Gasteiger partial charge in [0.15, 0.2) is 0 Å². The van der Waals surface area contributed by atoms with Gasteiger partial charge in [0.05, 0.1) is 20.6 Å². The van der Waals surface area contributed by atoms with E-state index in [1.54, 1.807) is 0 Å². The number of nitrogens with one attached hydrogen (secondary N) is 1. The minimum atomic E-state index is -0.423. The van der Waals surface area contributed by atoms with Crippen molar-refractivity contribution in [1.29, 1.82) is 0 Å². The lowest BCUT2D eigenvalue weighted by Crippen LogP contribution is -2.33. The lowest BCUT2D eigenvalue weighted by atomic mass is 10.0. The molecule has 0 radical (unpaired) electrons. The van der Waals surface area contributed by atoms with Crippen molar-refractivity contribution in [3.8, 4) is 0 Å². The van der Waals surface area contributed by atoms with Crippen LogP contribution in [0.25, 0.3) is 0 Å². The van der Waals surface area contributed by atoms with E-state index in [1.165, 1.54) is 91.3 Å². The van der Waals surface area contributed by atoms with Crippen molar-refractivity contribution >= 4 is 17.7 Å². The van der Waals surface area contributed by atoms with Crippen LogP contribution >= 0.6 is 0 Å². The Morgan fingerprint density at radius 1 is 0.684 bits per heavy atom. The normalized spacial score (nSPS) is 11.6. The summed E-state index contributed by atoms with van der Waals surface area (Å²) in [6.45, 7) is 6.50. The molecule has 226 valence electrons. The molecule has 0 saturated heterocycles. The topological polar surface area (TPSA) is 84.9 Å². The second kappa shape index (κ2) is 30.1. The Kier molecular flexibility index (Phi) is 30.6. The molecule has 0 aliphatic carbocycles. The first-order valence-corrected chi connectivity index (χ1v) is 15.3. The molecule has 0 aromatic heterocycles. The van der Waals surface area contributed by atoms with E-state index in [-0.39, 0.29) is 24.2 Å². The highest BCUT2D eigenvalue weighted by Gasteiger charge is 2.13. The lowest BCUT2D eigenvalue weighted by molar-refractivity contribution is -0.143. The van der Waals surface area contributed by atoms with Gasteiger partial charge in [-0.3, -0.25) is 14.4 Å². The SMILES string of the molecule is CCCCCCCCCC(=O)CC(=O)OC.CCCCCCCCCC(CC(=O)OC)NCCCN(C)C. The van der Waals surface area contributed by atoms with E-state index >= 15 is 0 Å². The Labute approximate surface area is 235 Å². The van der Waals surface area contributed by atoms with Crippen LogP contribution in [0.3, 0.4) is 0 Å². The number of carbonyl (C=O) groups is 3. The fourth-order valence-electron chi connectivity index (χ4n) is 4.21. The van der Waals surface area contributed by atoms with Gasteiger partial charge in [-0.2, -0.15) is 0 Å². The van der Waals surface area contributed by atoms with Crippen LogP contribution in [0.4, 0.5) is 0 Å². The van der Waals surface area contributed by atoms with Gasteiger partial charge in [0.1, 0.15) is 12.2 Å². The number of carbonyl (C=O) groups excluding carboxylic acids is 3. The van der Waals surface area contributed by atoms with Gasteiger partial charge >= 0.3 is 11.9 Å². The second-order valence-corrected chi connectivity index (χ2v) is 10.7. The van der Waals surface area contributed by atoms with Gasteiger partial charge in [0, 0.05) is 12.5 Å². The molecule has 1 N–H and O–H groups in total. The molecule has 38 heavy (non-hydrogen) atoms. The third-order valence-corrected chi connectivity index (χ3v) is 6.64. The number of nitrogens with zero attached hydrogens (tertiary/aromatic N) is 1. The fourth-order valence-corrected chi connectivity index (χ4v) is 4.21. The van der Waals surface area contributed by atoms with Crippen LogP contribution in [-0.2, 0) is 23.9 Å². The summed E-state index contributed by atoms with van der Waals surface area (Å²) in [4.78, 5) is 35.7. The monoisotopic (exact) mass is 542 g/mol. The molecule has 0 aromatic rings. The van der Waals surface area contributed by atoms with E-state index in [0.717, 1.165) is 38.8 Å². The molecule has 0 aliphatic heterocycles. The number of hydrogen-bond donors (Lipinski definition) is 1. The summed E-state index contributed by atoms with van der Waals surface area (Å²) in [5.74, 6) is -0.526. The fraction of sp³-hybridized carbons (Fsp3) is 0.903. The maximum Gasteiger partial charge on any atom is 0.313 e. The number of unbranched alkanes of at least 4 members (excludes halogenated alkanes) is 12. The van der Waals surface area contributed by atoms with Crippen molar-refractivity contribution in [2.45, 2.75) is 142 Å². The average molecular weight is 543 g/mol. The van der Waals surface area contributed by atoms with E-state index in [1.807, 2.05) is 0 Å². The molecule has 0 saturated carbocycles. The van der Waals surface area contributed by atoms with Crippen LogP contribution in [0, 0.1) is 0 Å². The van der Waals surface area contributed by atoms with Crippen LogP contribution in [0.5, 0.6) is 0 Å². The third kappa shape index (κ3) is 30.8. The zero-order chi connectivity index (χ0) is 28.9. The van der Waals surface area contributed by atoms with Crippen LogP contribution in [0.1, 0.15) is 136 Å². The molecule has 0 aliphatic rings. The molecule has 0 fully saturated rings. The van der Waals surface area contributed by atoms with Gasteiger partial charge in [-0.1, -0.05) is 97.3 Å². The van der Waals surface area contributed by atoms with E-state index < -0.39 is 5.97 Å².